The quantitative estimate of drug-likeness (QED) is 0.649. The number of methoxy groups -OCH3 is 1. The molecular formula is C20H17BrN2O4S. The van der Waals surface area contributed by atoms with E-state index in [1.165, 1.54) is 23.9 Å². The second-order valence-electron chi connectivity index (χ2n) is 5.80. The molecule has 1 N–H and O–H groups in total. The number of amidine groups is 1. The average molecular weight is 461 g/mol. The first kappa shape index (κ1) is 20.2. The Hall–Kier alpha value is -2.58. The summed E-state index contributed by atoms with van der Waals surface area (Å²) in [5.74, 6) is -0.439. The summed E-state index contributed by atoms with van der Waals surface area (Å²) < 4.78 is 6.02. The number of ether oxygens (including phenoxy) is 1. The van der Waals surface area contributed by atoms with Crippen molar-refractivity contribution in [3.8, 4) is 5.75 Å². The number of halogens is 1. The molecule has 0 aromatic heterocycles. The number of carbonyl (C=O) groups is 2. The summed E-state index contributed by atoms with van der Waals surface area (Å²) in [7, 11) is 1.59. The van der Waals surface area contributed by atoms with E-state index < -0.39 is 5.97 Å². The van der Waals surface area contributed by atoms with Crippen LogP contribution in [0, 0.1) is 0 Å². The van der Waals surface area contributed by atoms with Crippen LogP contribution >= 0.6 is 27.7 Å². The fourth-order valence-electron chi connectivity index (χ4n) is 2.61. The minimum atomic E-state index is -1.02. The maximum atomic E-state index is 12.8. The maximum Gasteiger partial charge on any atom is 0.335 e. The Morgan fingerprint density at radius 2 is 2.11 bits per heavy atom. The van der Waals surface area contributed by atoms with Crippen LogP contribution in [0.5, 0.6) is 5.75 Å². The number of aliphatic imine (C=N–C) groups is 1. The number of carboxylic acids is 1. The Morgan fingerprint density at radius 1 is 1.32 bits per heavy atom. The van der Waals surface area contributed by atoms with Crippen molar-refractivity contribution in [2.45, 2.75) is 6.92 Å². The van der Waals surface area contributed by atoms with Crippen molar-refractivity contribution in [3.63, 3.8) is 0 Å². The first-order valence-electron chi connectivity index (χ1n) is 8.40. The van der Waals surface area contributed by atoms with Crippen molar-refractivity contribution in [3.05, 3.63) is 63.0 Å². The molecule has 28 heavy (non-hydrogen) atoms. The van der Waals surface area contributed by atoms with Crippen molar-refractivity contribution in [1.29, 1.82) is 0 Å². The van der Waals surface area contributed by atoms with Crippen LogP contribution in [0.15, 0.2) is 56.8 Å². The van der Waals surface area contributed by atoms with Crippen LogP contribution in [0.25, 0.3) is 6.08 Å². The largest absolute Gasteiger partial charge is 0.496 e. The third-order valence-electron chi connectivity index (χ3n) is 4.00. The molecule has 0 spiro atoms. The molecule has 0 atom stereocenters. The van der Waals surface area contributed by atoms with Gasteiger partial charge in [0, 0.05) is 6.54 Å². The SMILES string of the molecule is CCN1C(=O)/C(=C/c2ccc(OC)c(Br)c2)SC1=Nc1cccc(C(=O)O)c1. The van der Waals surface area contributed by atoms with E-state index >= 15 is 0 Å². The highest BCUT2D eigenvalue weighted by molar-refractivity contribution is 9.10. The second-order valence-corrected chi connectivity index (χ2v) is 7.67. The minimum absolute atomic E-state index is 0.132. The number of carbonyl (C=O) groups excluding carboxylic acids is 1. The maximum absolute atomic E-state index is 12.8. The van der Waals surface area contributed by atoms with E-state index in [1.807, 2.05) is 25.1 Å². The first-order valence-corrected chi connectivity index (χ1v) is 10.0. The Bertz CT molecular complexity index is 1000. The minimum Gasteiger partial charge on any atom is -0.496 e. The van der Waals surface area contributed by atoms with Crippen molar-refractivity contribution in [1.82, 2.24) is 4.90 Å². The van der Waals surface area contributed by atoms with Gasteiger partial charge in [-0.05, 0) is 76.6 Å². The molecule has 0 aliphatic carbocycles. The molecule has 1 aliphatic heterocycles. The molecule has 0 radical (unpaired) electrons. The van der Waals surface area contributed by atoms with E-state index in [2.05, 4.69) is 20.9 Å². The van der Waals surface area contributed by atoms with Gasteiger partial charge in [-0.2, -0.15) is 0 Å². The van der Waals surface area contributed by atoms with Crippen LogP contribution in [-0.2, 0) is 4.79 Å². The number of thioether (sulfide) groups is 1. The van der Waals surface area contributed by atoms with Crippen LogP contribution in [0.3, 0.4) is 0 Å². The van der Waals surface area contributed by atoms with Crippen molar-refractivity contribution < 1.29 is 19.4 Å². The molecule has 0 saturated carbocycles. The molecule has 1 amide bonds. The fraction of sp³-hybridized carbons (Fsp3) is 0.150. The molecule has 2 aromatic carbocycles. The molecule has 2 aromatic rings. The average Bonchev–Trinajstić information content (AvgIpc) is 2.96. The Kier molecular flexibility index (Phi) is 6.21. The van der Waals surface area contributed by atoms with Gasteiger partial charge >= 0.3 is 5.97 Å². The summed E-state index contributed by atoms with van der Waals surface area (Å²) >= 11 is 4.71. The van der Waals surface area contributed by atoms with Crippen LogP contribution < -0.4 is 4.74 Å². The summed E-state index contributed by atoms with van der Waals surface area (Å²) in [5.41, 5.74) is 1.49. The second kappa shape index (κ2) is 8.62. The zero-order chi connectivity index (χ0) is 20.3. The van der Waals surface area contributed by atoms with E-state index in [0.29, 0.717) is 28.1 Å². The third-order valence-corrected chi connectivity index (χ3v) is 5.62. The summed E-state index contributed by atoms with van der Waals surface area (Å²) in [6, 6.07) is 11.9. The number of aromatic carboxylic acids is 1. The fourth-order valence-corrected chi connectivity index (χ4v) is 4.23. The Morgan fingerprint density at radius 3 is 2.75 bits per heavy atom. The van der Waals surface area contributed by atoms with Crippen molar-refractivity contribution >= 4 is 56.5 Å². The molecule has 1 heterocycles. The van der Waals surface area contributed by atoms with E-state index in [9.17, 15) is 9.59 Å². The smallest absolute Gasteiger partial charge is 0.335 e. The predicted octanol–water partition coefficient (Wildman–Crippen LogP) is 4.78. The lowest BCUT2D eigenvalue weighted by Gasteiger charge is -2.12. The molecule has 1 aliphatic rings. The number of hydrogen-bond donors (Lipinski definition) is 1. The highest BCUT2D eigenvalue weighted by atomic mass is 79.9. The van der Waals surface area contributed by atoms with Crippen LogP contribution in [0.4, 0.5) is 5.69 Å². The van der Waals surface area contributed by atoms with E-state index in [-0.39, 0.29) is 11.5 Å². The molecule has 1 saturated heterocycles. The highest BCUT2D eigenvalue weighted by Gasteiger charge is 2.32. The number of hydrogen-bond acceptors (Lipinski definition) is 5. The van der Waals surface area contributed by atoms with Gasteiger partial charge in [0.05, 0.1) is 27.7 Å². The number of rotatable bonds is 5. The summed E-state index contributed by atoms with van der Waals surface area (Å²) in [4.78, 5) is 30.5. The lowest BCUT2D eigenvalue weighted by Crippen LogP contribution is -2.28. The van der Waals surface area contributed by atoms with Crippen LogP contribution in [0.1, 0.15) is 22.8 Å². The molecule has 3 rings (SSSR count). The first-order chi connectivity index (χ1) is 13.4. The number of likely N-dealkylation sites (N-methyl/N-ethyl adjacent to an activating group) is 1. The lowest BCUT2D eigenvalue weighted by molar-refractivity contribution is -0.122. The number of carboxylic acid groups (broad SMARTS) is 1. The van der Waals surface area contributed by atoms with Gasteiger partial charge in [0.15, 0.2) is 5.17 Å². The normalized spacial score (nSPS) is 16.8. The van der Waals surface area contributed by atoms with Gasteiger partial charge in [-0.1, -0.05) is 12.1 Å². The molecule has 0 bridgehead atoms. The van der Waals surface area contributed by atoms with Gasteiger partial charge in [-0.3, -0.25) is 9.69 Å². The molecule has 0 unspecified atom stereocenters. The van der Waals surface area contributed by atoms with Gasteiger partial charge in [-0.25, -0.2) is 9.79 Å². The molecule has 144 valence electrons. The van der Waals surface area contributed by atoms with Gasteiger partial charge in [0.25, 0.3) is 5.91 Å². The number of amides is 1. The van der Waals surface area contributed by atoms with Crippen LogP contribution in [-0.4, -0.2) is 40.7 Å². The number of nitrogens with zero attached hydrogens (tertiary/aromatic N) is 2. The van der Waals surface area contributed by atoms with Gasteiger partial charge < -0.3 is 9.84 Å². The van der Waals surface area contributed by atoms with E-state index in [1.54, 1.807) is 30.2 Å². The van der Waals surface area contributed by atoms with Gasteiger partial charge in [0.2, 0.25) is 0 Å². The third kappa shape index (κ3) is 4.28. The summed E-state index contributed by atoms with van der Waals surface area (Å²) in [5, 5.41) is 9.66. The molecular weight excluding hydrogens is 444 g/mol. The predicted molar refractivity (Wildman–Crippen MR) is 114 cm³/mol. The Labute approximate surface area is 175 Å². The Balaban J connectivity index is 1.93. The van der Waals surface area contributed by atoms with E-state index in [0.717, 1.165) is 10.0 Å². The zero-order valence-electron chi connectivity index (χ0n) is 15.2. The number of benzene rings is 2. The van der Waals surface area contributed by atoms with Crippen molar-refractivity contribution in [2.75, 3.05) is 13.7 Å². The highest BCUT2D eigenvalue weighted by Crippen LogP contribution is 2.35. The lowest BCUT2D eigenvalue weighted by atomic mass is 10.2. The van der Waals surface area contributed by atoms with Crippen molar-refractivity contribution in [2.24, 2.45) is 4.99 Å². The molecule has 8 heteroatoms. The van der Waals surface area contributed by atoms with Crippen LogP contribution in [0.2, 0.25) is 0 Å². The monoisotopic (exact) mass is 460 g/mol. The standard InChI is InChI=1S/C20H17BrN2O4S/c1-3-23-18(24)17(10-12-7-8-16(27-2)15(21)9-12)28-20(23)22-14-6-4-5-13(11-14)19(25)26/h4-11H,3H2,1-2H3,(H,25,26)/b17-10-,22-20?. The topological polar surface area (TPSA) is 79.2 Å². The summed E-state index contributed by atoms with van der Waals surface area (Å²) in [6.07, 6.45) is 1.80. The molecule has 6 nitrogen and oxygen atoms in total. The zero-order valence-corrected chi connectivity index (χ0v) is 17.6. The van der Waals surface area contributed by atoms with Gasteiger partial charge in [0.1, 0.15) is 5.75 Å². The summed E-state index contributed by atoms with van der Waals surface area (Å²) in [6.45, 7) is 2.33. The van der Waals surface area contributed by atoms with Gasteiger partial charge in [-0.15, -0.1) is 0 Å². The molecule has 1 fully saturated rings. The van der Waals surface area contributed by atoms with E-state index in [4.69, 9.17) is 9.84 Å².